The molecule has 0 aliphatic heterocycles. The van der Waals surface area contributed by atoms with Gasteiger partial charge in [0.2, 0.25) is 0 Å². The van der Waals surface area contributed by atoms with Crippen LogP contribution in [0.1, 0.15) is 62.6 Å². The predicted molar refractivity (Wildman–Crippen MR) is 103 cm³/mol. The van der Waals surface area contributed by atoms with Crippen LogP contribution in [0.15, 0.2) is 0 Å². The van der Waals surface area contributed by atoms with Gasteiger partial charge in [0.1, 0.15) is 28.7 Å². The Morgan fingerprint density at radius 3 is 2.48 bits per heavy atom. The van der Waals surface area contributed by atoms with Crippen molar-refractivity contribution in [3.05, 3.63) is 21.8 Å². The number of rotatable bonds is 6. The monoisotopic (exact) mass is 389 g/mol. The molecule has 1 aliphatic carbocycles. The molecule has 8 heteroatoms. The van der Waals surface area contributed by atoms with Gasteiger partial charge in [-0.05, 0) is 51.5 Å². The molecule has 0 saturated heterocycles. The third kappa shape index (κ3) is 5.48. The number of aromatic nitrogens is 1. The molecule has 1 aromatic heterocycles. The third-order valence-electron chi connectivity index (χ3n) is 4.08. The minimum atomic E-state index is -0.537. The topological polar surface area (TPSA) is 102 Å². The first kappa shape index (κ1) is 20.8. The fraction of sp³-hybridized carbons (Fsp3) is 0.579. The highest BCUT2D eigenvalue weighted by Gasteiger charge is 2.33. The predicted octanol–water partition coefficient (Wildman–Crippen LogP) is 3.71. The van der Waals surface area contributed by atoms with Gasteiger partial charge >= 0.3 is 6.09 Å². The second-order valence-corrected chi connectivity index (χ2v) is 7.95. The Hall–Kier alpha value is -2.51. The van der Waals surface area contributed by atoms with Gasteiger partial charge in [0, 0.05) is 20.1 Å². The van der Waals surface area contributed by atoms with Crippen LogP contribution in [0.3, 0.4) is 0 Å². The van der Waals surface area contributed by atoms with E-state index < -0.39 is 11.7 Å². The summed E-state index contributed by atoms with van der Waals surface area (Å²) in [6.45, 7) is 6.41. The van der Waals surface area contributed by atoms with E-state index in [4.69, 9.17) is 16.3 Å². The van der Waals surface area contributed by atoms with Crippen LogP contribution in [0.5, 0.6) is 0 Å². The van der Waals surface area contributed by atoms with Crippen molar-refractivity contribution in [3.8, 4) is 12.1 Å². The van der Waals surface area contributed by atoms with Crippen molar-refractivity contribution in [2.45, 2.75) is 51.6 Å². The maximum absolute atomic E-state index is 11.7. The van der Waals surface area contributed by atoms with Crippen molar-refractivity contribution in [2.75, 3.05) is 25.0 Å². The quantitative estimate of drug-likeness (QED) is 0.587. The van der Waals surface area contributed by atoms with E-state index in [9.17, 15) is 15.3 Å². The first-order valence-corrected chi connectivity index (χ1v) is 9.27. The van der Waals surface area contributed by atoms with E-state index in [1.165, 1.54) is 0 Å². The number of carbonyl (C=O) groups is 1. The summed E-state index contributed by atoms with van der Waals surface area (Å²) < 4.78 is 5.19. The summed E-state index contributed by atoms with van der Waals surface area (Å²) in [6.07, 6.45) is 2.08. The number of halogens is 1. The fourth-order valence-electron chi connectivity index (χ4n) is 2.76. The summed E-state index contributed by atoms with van der Waals surface area (Å²) >= 11 is 6.20. The molecule has 0 unspecified atom stereocenters. The van der Waals surface area contributed by atoms with Crippen molar-refractivity contribution in [1.29, 1.82) is 10.5 Å². The van der Waals surface area contributed by atoms with Crippen molar-refractivity contribution in [3.63, 3.8) is 0 Å². The van der Waals surface area contributed by atoms with E-state index >= 15 is 0 Å². The molecule has 27 heavy (non-hydrogen) atoms. The number of nitrogens with one attached hydrogen (secondary N) is 1. The Balaban J connectivity index is 2.05. The summed E-state index contributed by atoms with van der Waals surface area (Å²) in [5.41, 5.74) is 0.902. The Kier molecular flexibility index (Phi) is 6.51. The molecule has 0 bridgehead atoms. The number of nitriles is 2. The lowest BCUT2D eigenvalue weighted by atomic mass is 10.00. The molecule has 144 valence electrons. The third-order valence-corrected chi connectivity index (χ3v) is 4.36. The van der Waals surface area contributed by atoms with Gasteiger partial charge in [-0.2, -0.15) is 10.5 Å². The summed E-state index contributed by atoms with van der Waals surface area (Å²) in [7, 11) is 1.82. The second kappa shape index (κ2) is 8.45. The zero-order valence-electron chi connectivity index (χ0n) is 16.1. The van der Waals surface area contributed by atoms with E-state index in [1.807, 2.05) is 32.7 Å². The fourth-order valence-corrected chi connectivity index (χ4v) is 2.99. The van der Waals surface area contributed by atoms with Crippen molar-refractivity contribution < 1.29 is 9.53 Å². The van der Waals surface area contributed by atoms with E-state index in [1.54, 1.807) is 0 Å². The summed E-state index contributed by atoms with van der Waals surface area (Å²) in [5.74, 6) is 0.677. The summed E-state index contributed by atoms with van der Waals surface area (Å²) in [4.78, 5) is 17.8. The highest BCUT2D eigenvalue weighted by molar-refractivity contribution is 6.30. The molecule has 1 amide bonds. The number of alkyl carbamates (subject to hydrolysis) is 1. The van der Waals surface area contributed by atoms with Crippen molar-refractivity contribution in [2.24, 2.45) is 0 Å². The normalized spacial score (nSPS) is 13.4. The lowest BCUT2D eigenvalue weighted by Crippen LogP contribution is -2.34. The lowest BCUT2D eigenvalue weighted by Gasteiger charge is -2.22. The summed E-state index contributed by atoms with van der Waals surface area (Å²) in [5, 5.41) is 21.9. The first-order valence-electron chi connectivity index (χ1n) is 8.89. The van der Waals surface area contributed by atoms with Crippen LogP contribution in [-0.2, 0) is 4.74 Å². The van der Waals surface area contributed by atoms with Crippen molar-refractivity contribution in [1.82, 2.24) is 10.3 Å². The molecule has 1 fully saturated rings. The lowest BCUT2D eigenvalue weighted by molar-refractivity contribution is 0.0527. The van der Waals surface area contributed by atoms with Crippen LogP contribution >= 0.6 is 11.6 Å². The van der Waals surface area contributed by atoms with Crippen LogP contribution in [0.2, 0.25) is 5.15 Å². The maximum atomic E-state index is 11.7. The molecule has 0 aromatic carbocycles. The van der Waals surface area contributed by atoms with E-state index in [2.05, 4.69) is 22.4 Å². The molecule has 1 N–H and O–H groups in total. The van der Waals surface area contributed by atoms with Crippen LogP contribution < -0.4 is 10.2 Å². The van der Waals surface area contributed by atoms with Gasteiger partial charge in [0.15, 0.2) is 0 Å². The Morgan fingerprint density at radius 2 is 1.96 bits per heavy atom. The largest absolute Gasteiger partial charge is 0.444 e. The first-order chi connectivity index (χ1) is 12.7. The van der Waals surface area contributed by atoms with Gasteiger partial charge in [-0.1, -0.05) is 11.6 Å². The number of amides is 1. The molecular formula is C19H24ClN5O2. The van der Waals surface area contributed by atoms with Gasteiger partial charge in [-0.25, -0.2) is 9.78 Å². The second-order valence-electron chi connectivity index (χ2n) is 7.59. The number of hydrogen-bond acceptors (Lipinski definition) is 6. The highest BCUT2D eigenvalue weighted by Crippen LogP contribution is 2.46. The molecule has 1 saturated carbocycles. The average molecular weight is 390 g/mol. The van der Waals surface area contributed by atoms with E-state index in [0.717, 1.165) is 12.8 Å². The molecule has 0 spiro atoms. The number of pyridine rings is 1. The van der Waals surface area contributed by atoms with Gasteiger partial charge in [0.25, 0.3) is 0 Å². The molecule has 1 heterocycles. The molecule has 1 aromatic rings. The van der Waals surface area contributed by atoms with Gasteiger partial charge in [-0.3, -0.25) is 0 Å². The molecule has 0 atom stereocenters. The van der Waals surface area contributed by atoms with E-state index in [0.29, 0.717) is 42.0 Å². The van der Waals surface area contributed by atoms with Gasteiger partial charge in [0.05, 0.1) is 11.1 Å². The van der Waals surface area contributed by atoms with Crippen LogP contribution in [-0.4, -0.2) is 36.8 Å². The number of hydrogen-bond donors (Lipinski definition) is 1. The molecular weight excluding hydrogens is 366 g/mol. The van der Waals surface area contributed by atoms with Crippen molar-refractivity contribution >= 4 is 23.5 Å². The maximum Gasteiger partial charge on any atom is 0.407 e. The molecule has 7 nitrogen and oxygen atoms in total. The Morgan fingerprint density at radius 1 is 1.33 bits per heavy atom. The zero-order chi connectivity index (χ0) is 20.2. The Bertz CT molecular complexity index is 800. The van der Waals surface area contributed by atoms with Crippen LogP contribution in [0, 0.1) is 22.7 Å². The van der Waals surface area contributed by atoms with Crippen LogP contribution in [0.25, 0.3) is 0 Å². The van der Waals surface area contributed by atoms with E-state index in [-0.39, 0.29) is 11.1 Å². The van der Waals surface area contributed by atoms with Gasteiger partial charge < -0.3 is 15.0 Å². The average Bonchev–Trinajstić information content (AvgIpc) is 3.40. The smallest absolute Gasteiger partial charge is 0.407 e. The molecule has 0 radical (unpaired) electrons. The van der Waals surface area contributed by atoms with Crippen LogP contribution in [0.4, 0.5) is 10.6 Å². The SMILES string of the molecule is CN(CCCNC(=O)OC(C)(C)C)c1nc(Cl)c(C#N)c(C2CC2)c1C#N. The highest BCUT2D eigenvalue weighted by atomic mass is 35.5. The molecule has 1 aliphatic rings. The Labute approximate surface area is 164 Å². The minimum Gasteiger partial charge on any atom is -0.444 e. The molecule has 2 rings (SSSR count). The number of anilines is 1. The minimum absolute atomic E-state index is 0.132. The number of ether oxygens (including phenoxy) is 1. The number of carbonyl (C=O) groups excluding carboxylic acids is 1. The van der Waals surface area contributed by atoms with Gasteiger partial charge in [-0.15, -0.1) is 0 Å². The number of nitrogens with zero attached hydrogens (tertiary/aromatic N) is 4. The standard InChI is InChI=1S/C19H24ClN5O2/c1-19(2,3)27-18(26)23-8-5-9-25(4)17-14(11-22)15(12-6-7-12)13(10-21)16(20)24-17/h12H,5-9H2,1-4H3,(H,23,26). The zero-order valence-corrected chi connectivity index (χ0v) is 16.9. The summed E-state index contributed by atoms with van der Waals surface area (Å²) in [6, 6.07) is 4.28.